The number of fused-ring (bicyclic) bond motifs is 4. The first-order valence-corrected chi connectivity index (χ1v) is 24.3. The molecule has 1 N–H and O–H groups in total. The first-order valence-electron chi connectivity index (χ1n) is 24.3. The minimum absolute atomic E-state index is 0. The molecule has 1 aliphatic heterocycles. The summed E-state index contributed by atoms with van der Waals surface area (Å²) in [6.45, 7) is 18.3. The normalized spacial score (nSPS) is 13.8. The van der Waals surface area contributed by atoms with Crippen LogP contribution in [0.2, 0.25) is 0 Å². The molecule has 0 spiro atoms. The summed E-state index contributed by atoms with van der Waals surface area (Å²) in [5.74, 6) is 2.03. The fourth-order valence-electron chi connectivity index (χ4n) is 10.1. The minimum Gasteiger partial charge on any atom is -0.512 e. The number of rotatable bonds is 11. The van der Waals surface area contributed by atoms with Crippen LogP contribution in [0.4, 0.5) is 17.1 Å². The summed E-state index contributed by atoms with van der Waals surface area (Å²) in [4.78, 5) is 7.16. The predicted octanol–water partition coefficient (Wildman–Crippen LogP) is 16.7. The van der Waals surface area contributed by atoms with Crippen molar-refractivity contribution in [3.63, 3.8) is 0 Å². The quantitative estimate of drug-likeness (QED) is 0.131. The van der Waals surface area contributed by atoms with E-state index >= 15 is 0 Å². The van der Waals surface area contributed by atoms with Crippen molar-refractivity contribution in [1.29, 1.82) is 0 Å². The molecule has 11 rings (SSSR count). The molecule has 0 saturated heterocycles. The summed E-state index contributed by atoms with van der Waals surface area (Å²) in [6.07, 6.45) is 1.91. The van der Waals surface area contributed by atoms with Gasteiger partial charge in [-0.05, 0) is 86.1 Å². The van der Waals surface area contributed by atoms with E-state index < -0.39 is 0 Å². The SMILES string of the molecule is CC(C)(C)c1ccnc(-n2c3[c-]c(Oc4[c-]c(N5[CH-]C(Nc6cc(C(C)(C)c7ccccc7)cc(C(C)(C)c7ccccc7)c6)c6ccccc65)cc(-c5ccccc5)c4)ccc3c3ccccc32)c1.[Pt]. The summed E-state index contributed by atoms with van der Waals surface area (Å²) < 4.78 is 9.09. The van der Waals surface area contributed by atoms with Gasteiger partial charge in [-0.25, -0.2) is 11.5 Å². The van der Waals surface area contributed by atoms with Crippen molar-refractivity contribution in [2.75, 3.05) is 10.2 Å². The Balaban J connectivity index is 0.00000582. The molecule has 1 atom stereocenters. The van der Waals surface area contributed by atoms with E-state index in [2.05, 4.69) is 270 Å². The Morgan fingerprint density at radius 3 is 1.83 bits per heavy atom. The monoisotopic (exact) mass is 1100 g/mol. The number of para-hydroxylation sites is 2. The van der Waals surface area contributed by atoms with Crippen LogP contribution in [0.25, 0.3) is 38.8 Å². The van der Waals surface area contributed by atoms with Gasteiger partial charge < -0.3 is 19.5 Å². The molecule has 0 saturated carbocycles. The molecule has 10 aromatic rings. The van der Waals surface area contributed by atoms with Crippen molar-refractivity contribution in [2.24, 2.45) is 0 Å². The zero-order valence-corrected chi connectivity index (χ0v) is 43.5. The molecule has 0 fully saturated rings. The van der Waals surface area contributed by atoms with E-state index in [0.29, 0.717) is 11.5 Å². The molecule has 1 aliphatic rings. The Morgan fingerprint density at radius 1 is 0.535 bits per heavy atom. The zero-order chi connectivity index (χ0) is 48.2. The summed E-state index contributed by atoms with van der Waals surface area (Å²) in [5, 5.41) is 6.25. The third-order valence-electron chi connectivity index (χ3n) is 14.3. The van der Waals surface area contributed by atoms with Crippen molar-refractivity contribution in [1.82, 2.24) is 9.55 Å². The van der Waals surface area contributed by atoms with Gasteiger partial charge in [-0.2, -0.15) is 6.07 Å². The van der Waals surface area contributed by atoms with Crippen molar-refractivity contribution in [3.05, 3.63) is 252 Å². The number of nitrogens with one attached hydrogen (secondary N) is 1. The van der Waals surface area contributed by atoms with E-state index in [9.17, 15) is 0 Å². The van der Waals surface area contributed by atoms with Crippen LogP contribution in [-0.2, 0) is 37.3 Å². The fourth-order valence-corrected chi connectivity index (χ4v) is 10.1. The third kappa shape index (κ3) is 9.09. The first kappa shape index (κ1) is 47.5. The van der Waals surface area contributed by atoms with E-state index in [1.165, 1.54) is 33.4 Å². The molecule has 71 heavy (non-hydrogen) atoms. The molecule has 8 aromatic carbocycles. The van der Waals surface area contributed by atoms with Gasteiger partial charge in [0.15, 0.2) is 0 Å². The van der Waals surface area contributed by atoms with Crippen molar-refractivity contribution in [2.45, 2.75) is 70.8 Å². The predicted molar refractivity (Wildman–Crippen MR) is 290 cm³/mol. The first-order chi connectivity index (χ1) is 33.8. The second kappa shape index (κ2) is 18.8. The van der Waals surface area contributed by atoms with E-state index in [4.69, 9.17) is 9.72 Å². The maximum Gasteiger partial charge on any atom is 0.135 e. The van der Waals surface area contributed by atoms with Gasteiger partial charge in [0.1, 0.15) is 5.82 Å². The van der Waals surface area contributed by atoms with Gasteiger partial charge in [-0.1, -0.05) is 193 Å². The van der Waals surface area contributed by atoms with E-state index in [1.807, 2.05) is 12.3 Å². The zero-order valence-electron chi connectivity index (χ0n) is 41.3. The molecule has 0 bridgehead atoms. The maximum atomic E-state index is 6.89. The average molecular weight is 1110 g/mol. The number of anilines is 3. The summed E-state index contributed by atoms with van der Waals surface area (Å²) in [5.41, 5.74) is 14.0. The van der Waals surface area contributed by atoms with Gasteiger partial charge in [-0.15, -0.1) is 47.0 Å². The summed E-state index contributed by atoms with van der Waals surface area (Å²) in [7, 11) is 0. The van der Waals surface area contributed by atoms with Crippen LogP contribution in [0, 0.1) is 18.7 Å². The van der Waals surface area contributed by atoms with Gasteiger partial charge in [0, 0.05) is 66.5 Å². The van der Waals surface area contributed by atoms with Crippen LogP contribution in [0.5, 0.6) is 11.5 Å². The maximum absolute atomic E-state index is 6.89. The number of benzene rings is 8. The van der Waals surface area contributed by atoms with Crippen molar-refractivity contribution < 1.29 is 25.8 Å². The smallest absolute Gasteiger partial charge is 0.135 e. The standard InChI is InChI=1S/C65H57N4O.Pt/c1-63(2,3)48-33-34-66-62(40-48)69-60-30-20-17-27-55(60)56-32-31-53(42-61(56)69)70-54-36-45(44-21-11-8-12-22-44)35-52(41-54)68-43-58(57-28-18-19-29-59(57)68)67-51-38-49(64(4,5)46-23-13-9-14-24-46)37-50(39-51)65(6,7)47-25-15-10-16-26-47;/h8-40,43,58,67H,1-7H3;/q-3;. The van der Waals surface area contributed by atoms with Crippen molar-refractivity contribution in [3.8, 4) is 28.4 Å². The number of hydrogen-bond acceptors (Lipinski definition) is 4. The Kier molecular flexibility index (Phi) is 12.6. The Hall–Kier alpha value is -7.20. The van der Waals surface area contributed by atoms with Gasteiger partial charge in [0.25, 0.3) is 0 Å². The van der Waals surface area contributed by atoms with Gasteiger partial charge in [0.05, 0.1) is 0 Å². The molecular weight excluding hydrogens is 1050 g/mol. The van der Waals surface area contributed by atoms with Crippen LogP contribution in [-0.4, -0.2) is 9.55 Å². The van der Waals surface area contributed by atoms with Gasteiger partial charge in [0.2, 0.25) is 0 Å². The number of pyridine rings is 1. The fraction of sp³-hybridized carbons (Fsp3) is 0.169. The molecule has 0 amide bonds. The minimum atomic E-state index is -0.250. The summed E-state index contributed by atoms with van der Waals surface area (Å²) in [6, 6.07) is 76.4. The molecule has 1 unspecified atom stereocenters. The van der Waals surface area contributed by atoms with Crippen LogP contribution in [0.1, 0.15) is 87.9 Å². The van der Waals surface area contributed by atoms with Crippen LogP contribution in [0.15, 0.2) is 200 Å². The molecule has 0 aliphatic carbocycles. The molecule has 3 heterocycles. The molecule has 5 nitrogen and oxygen atoms in total. The third-order valence-corrected chi connectivity index (χ3v) is 14.3. The topological polar surface area (TPSA) is 42.3 Å². The van der Waals surface area contributed by atoms with Crippen LogP contribution >= 0.6 is 0 Å². The number of nitrogens with zero attached hydrogens (tertiary/aromatic N) is 3. The summed E-state index contributed by atoms with van der Waals surface area (Å²) >= 11 is 0. The second-order valence-corrected chi connectivity index (χ2v) is 20.7. The van der Waals surface area contributed by atoms with E-state index in [-0.39, 0.29) is 43.4 Å². The van der Waals surface area contributed by atoms with Gasteiger partial charge >= 0.3 is 0 Å². The molecule has 6 heteroatoms. The Morgan fingerprint density at radius 2 is 1.15 bits per heavy atom. The second-order valence-electron chi connectivity index (χ2n) is 20.7. The Labute approximate surface area is 433 Å². The largest absolute Gasteiger partial charge is 0.512 e. The van der Waals surface area contributed by atoms with E-state index in [0.717, 1.165) is 55.8 Å². The molecule has 2 aromatic heterocycles. The molecular formula is C65H57N4OPt-3. The molecule has 356 valence electrons. The Bertz CT molecular complexity index is 3450. The molecule has 0 radical (unpaired) electrons. The number of hydrogen-bond donors (Lipinski definition) is 1. The number of ether oxygens (including phenoxy) is 1. The van der Waals surface area contributed by atoms with Crippen LogP contribution < -0.4 is 15.0 Å². The van der Waals surface area contributed by atoms with Crippen LogP contribution in [0.3, 0.4) is 0 Å². The number of aromatic nitrogens is 2. The van der Waals surface area contributed by atoms with Gasteiger partial charge in [-0.3, -0.25) is 0 Å². The average Bonchev–Trinajstić information content (AvgIpc) is 3.92. The van der Waals surface area contributed by atoms with Crippen molar-refractivity contribution >= 4 is 38.9 Å². The van der Waals surface area contributed by atoms with E-state index in [1.54, 1.807) is 0 Å².